The molecule has 0 bridgehead atoms. The lowest BCUT2D eigenvalue weighted by atomic mass is 10.9. The summed E-state index contributed by atoms with van der Waals surface area (Å²) in [7, 11) is 0. The number of terminal acetylenes is 1. The van der Waals surface area contributed by atoms with Crippen LogP contribution in [0.5, 0.6) is 0 Å². The predicted molar refractivity (Wildman–Crippen MR) is 21.1 cm³/mol. The zero-order valence-electron chi connectivity index (χ0n) is 3.05. The van der Waals surface area contributed by atoms with E-state index in [4.69, 9.17) is 10.5 Å². The summed E-state index contributed by atoms with van der Waals surface area (Å²) in [5.41, 5.74) is 0. The third kappa shape index (κ3) is 28.5. The Kier molecular flexibility index (Phi) is 115. The molecule has 0 aromatic rings. The molecule has 0 atom stereocenters. The maximum absolute atomic E-state index is 7.26. The smallest absolute Gasteiger partial charge is 0.181 e. The summed E-state index contributed by atoms with van der Waals surface area (Å²) in [6, 6.07) is 2.47. The van der Waals surface area contributed by atoms with E-state index in [2.05, 4.69) is 12.8 Å². The maximum Gasteiger partial charge on any atom is 0.181 e. The van der Waals surface area contributed by atoms with Crippen LogP contribution >= 0.6 is 0 Å². The minimum Gasteiger partial charge on any atom is -0.181 e. The van der Waals surface area contributed by atoms with E-state index < -0.39 is 0 Å². The number of nitrogens with zero attached hydrogens (tertiary/aromatic N) is 2. The normalized spacial score (nSPS) is 2.00. The van der Waals surface area contributed by atoms with Crippen LogP contribution in [0.2, 0.25) is 0 Å². The van der Waals surface area contributed by atoms with Crippen molar-refractivity contribution in [3.8, 4) is 25.0 Å². The number of hydrogen-bond donors (Lipinski definition) is 0. The summed E-state index contributed by atoms with van der Waals surface area (Å²) in [6.45, 7) is 0. The monoisotopic (exact) mass is 78.0 g/mol. The molecule has 0 N–H and O–H groups in total. The molecule has 6 heavy (non-hydrogen) atoms. The first-order valence-electron chi connectivity index (χ1n) is 1.03. The Balaban J connectivity index is 0. The van der Waals surface area contributed by atoms with Crippen LogP contribution in [0.4, 0.5) is 0 Å². The molecule has 2 heteroatoms. The molecule has 0 amide bonds. The van der Waals surface area contributed by atoms with Crippen molar-refractivity contribution in [2.24, 2.45) is 0 Å². The first kappa shape index (κ1) is 8.82. The van der Waals surface area contributed by atoms with Gasteiger partial charge in [-0.2, -0.15) is 10.5 Å². The van der Waals surface area contributed by atoms with E-state index in [0.717, 1.165) is 0 Å². The van der Waals surface area contributed by atoms with E-state index in [1.54, 1.807) is 0 Å². The molecule has 0 aliphatic rings. The lowest BCUT2D eigenvalue weighted by Crippen LogP contribution is -1.26. The Morgan fingerprint density at radius 1 is 1.00 bits per heavy atom. The van der Waals surface area contributed by atoms with Gasteiger partial charge in [0.25, 0.3) is 0 Å². The molecular weight excluding hydrogens is 76.1 g/mol. The maximum atomic E-state index is 7.26. The molecule has 0 saturated heterocycles. The molecular formula is C4H2N2. The molecule has 0 aromatic heterocycles. The van der Waals surface area contributed by atoms with Crippen molar-refractivity contribution in [1.29, 1.82) is 10.5 Å². The van der Waals surface area contributed by atoms with Crippen molar-refractivity contribution >= 4 is 0 Å². The summed E-state index contributed by atoms with van der Waals surface area (Å²) in [6.07, 6.45) is 8.00. The van der Waals surface area contributed by atoms with Crippen LogP contribution in [-0.4, -0.2) is 0 Å². The third-order valence-electron chi connectivity index (χ3n) is 0.0500. The summed E-state index contributed by atoms with van der Waals surface area (Å²) in [5.74, 6) is 0. The Hall–Kier alpha value is -1.46. The highest BCUT2D eigenvalue weighted by molar-refractivity contribution is 4.99. The first-order valence-corrected chi connectivity index (χ1v) is 1.03. The molecule has 0 unspecified atom stereocenters. The number of rotatable bonds is 0. The van der Waals surface area contributed by atoms with Gasteiger partial charge in [-0.05, 0) is 0 Å². The van der Waals surface area contributed by atoms with Gasteiger partial charge < -0.3 is 0 Å². The topological polar surface area (TPSA) is 47.6 Å². The minimum atomic E-state index is 1.24. The van der Waals surface area contributed by atoms with Crippen LogP contribution in [0, 0.1) is 35.5 Å². The standard InChI is InChI=1S/C2N2.C2H2/c3-1-2-4;1-2/h;1-2H. The first-order chi connectivity index (χ1) is 2.91. The Labute approximate surface area is 36.6 Å². The molecule has 28 valence electrons. The van der Waals surface area contributed by atoms with E-state index in [1.165, 1.54) is 12.1 Å². The van der Waals surface area contributed by atoms with Gasteiger partial charge in [-0.25, -0.2) is 0 Å². The second-order valence-electron chi connectivity index (χ2n) is 0.224. The van der Waals surface area contributed by atoms with E-state index in [-0.39, 0.29) is 0 Å². The average molecular weight is 78.1 g/mol. The van der Waals surface area contributed by atoms with Crippen molar-refractivity contribution in [3.05, 3.63) is 0 Å². The van der Waals surface area contributed by atoms with Gasteiger partial charge in [-0.3, -0.25) is 0 Å². The minimum absolute atomic E-state index is 1.24. The molecule has 0 aliphatic carbocycles. The summed E-state index contributed by atoms with van der Waals surface area (Å²) < 4.78 is 0. The Bertz CT molecular complexity index is 86.9. The number of hydrogen-bond acceptors (Lipinski definition) is 2. The second kappa shape index (κ2) is 78.3. The Morgan fingerprint density at radius 2 is 1.17 bits per heavy atom. The summed E-state index contributed by atoms with van der Waals surface area (Å²) >= 11 is 0. The molecule has 0 rings (SSSR count). The van der Waals surface area contributed by atoms with E-state index >= 15 is 0 Å². The quantitative estimate of drug-likeness (QED) is 0.391. The molecule has 0 aliphatic heterocycles. The van der Waals surface area contributed by atoms with Gasteiger partial charge in [0.2, 0.25) is 0 Å². The molecule has 0 aromatic carbocycles. The summed E-state index contributed by atoms with van der Waals surface area (Å²) in [5, 5.41) is 14.5. The van der Waals surface area contributed by atoms with Crippen LogP contribution in [0.3, 0.4) is 0 Å². The van der Waals surface area contributed by atoms with Crippen LogP contribution in [0.15, 0.2) is 0 Å². The van der Waals surface area contributed by atoms with E-state index in [1.807, 2.05) is 0 Å². The molecule has 0 radical (unpaired) electrons. The van der Waals surface area contributed by atoms with Gasteiger partial charge in [-0.1, -0.05) is 0 Å². The van der Waals surface area contributed by atoms with Crippen molar-refractivity contribution < 1.29 is 0 Å². The zero-order chi connectivity index (χ0) is 5.41. The highest BCUT2D eigenvalue weighted by Crippen LogP contribution is 1.27. The zero-order valence-corrected chi connectivity index (χ0v) is 3.05. The van der Waals surface area contributed by atoms with Gasteiger partial charge in [0.15, 0.2) is 12.1 Å². The molecule has 0 heterocycles. The second-order valence-corrected chi connectivity index (χ2v) is 0.224. The largest absolute Gasteiger partial charge is 0.181 e. The van der Waals surface area contributed by atoms with Crippen LogP contribution < -0.4 is 0 Å². The predicted octanol–water partition coefficient (Wildman–Crippen LogP) is 0.283. The van der Waals surface area contributed by atoms with Crippen molar-refractivity contribution in [3.63, 3.8) is 0 Å². The van der Waals surface area contributed by atoms with E-state index in [9.17, 15) is 0 Å². The van der Waals surface area contributed by atoms with Crippen molar-refractivity contribution in [1.82, 2.24) is 0 Å². The third-order valence-corrected chi connectivity index (χ3v) is 0.0500. The van der Waals surface area contributed by atoms with Gasteiger partial charge in [0.1, 0.15) is 0 Å². The average Bonchev–Trinajstić information content (AvgIpc) is 1.72. The molecule has 0 fully saturated rings. The molecule has 0 spiro atoms. The highest BCUT2D eigenvalue weighted by atomic mass is 14.3. The van der Waals surface area contributed by atoms with E-state index in [0.29, 0.717) is 0 Å². The highest BCUT2D eigenvalue weighted by Gasteiger charge is 1.39. The summed E-state index contributed by atoms with van der Waals surface area (Å²) in [4.78, 5) is 0. The van der Waals surface area contributed by atoms with Crippen molar-refractivity contribution in [2.75, 3.05) is 0 Å². The van der Waals surface area contributed by atoms with Crippen LogP contribution in [-0.2, 0) is 0 Å². The Morgan fingerprint density at radius 3 is 1.17 bits per heavy atom. The molecule has 0 saturated carbocycles. The lowest BCUT2D eigenvalue weighted by Gasteiger charge is -1.16. The fraction of sp³-hybridized carbons (Fsp3) is 0. The van der Waals surface area contributed by atoms with Gasteiger partial charge >= 0.3 is 0 Å². The lowest BCUT2D eigenvalue weighted by molar-refractivity contribution is 1.49. The fourth-order valence-electron chi connectivity index (χ4n) is 0. The molecule has 2 nitrogen and oxygen atoms in total. The SMILES string of the molecule is C#C.N#CC#N. The van der Waals surface area contributed by atoms with Gasteiger partial charge in [0.05, 0.1) is 0 Å². The van der Waals surface area contributed by atoms with Gasteiger partial charge in [-0.15, -0.1) is 12.8 Å². The van der Waals surface area contributed by atoms with Crippen LogP contribution in [0.1, 0.15) is 0 Å². The van der Waals surface area contributed by atoms with Crippen LogP contribution in [0.25, 0.3) is 0 Å². The van der Waals surface area contributed by atoms with Gasteiger partial charge in [0, 0.05) is 0 Å². The fourth-order valence-corrected chi connectivity index (χ4v) is 0. The number of nitriles is 2. The van der Waals surface area contributed by atoms with Crippen molar-refractivity contribution in [2.45, 2.75) is 0 Å².